The number of pyridine rings is 1. The lowest BCUT2D eigenvalue weighted by molar-refractivity contribution is -0.149. The van der Waals surface area contributed by atoms with E-state index in [9.17, 15) is 9.36 Å². The van der Waals surface area contributed by atoms with Crippen molar-refractivity contribution < 1.29 is 27.9 Å². The number of nitrogens with zero attached hydrogens (tertiary/aromatic N) is 3. The highest BCUT2D eigenvalue weighted by atomic mass is 31.2. The summed E-state index contributed by atoms with van der Waals surface area (Å²) in [4.78, 5) is 22.3. The van der Waals surface area contributed by atoms with E-state index in [1.165, 1.54) is 0 Å². The zero-order valence-electron chi connectivity index (χ0n) is 27.1. The summed E-state index contributed by atoms with van der Waals surface area (Å²) in [6.45, 7) is 11.7. The van der Waals surface area contributed by atoms with Gasteiger partial charge >= 0.3 is 13.7 Å². The molecule has 2 heterocycles. The number of nitrogen functional groups attached to an aromatic ring is 1. The molecule has 3 N–H and O–H groups in total. The number of anilines is 1. The maximum atomic E-state index is 14.7. The van der Waals surface area contributed by atoms with E-state index in [-0.39, 0.29) is 25.2 Å². The Bertz CT molecular complexity index is 1890. The minimum absolute atomic E-state index is 0.0275. The molecule has 0 aliphatic rings. The SMILES string of the molecule is CCOCc1nc2c(N)nc3ccccc3c2n1[C@H](COP(=O)(N[C@@H](C)C(=O)OC(C)C)Oc1cccc2ccccc12)C(C)C. The standard InChI is InChI=1S/C34H42N5O6P/c1-7-42-20-30-37-31-32(26-16-10-11-17-27(26)36-33(31)35)39(30)28(21(2)3)19-43-46(41,38-23(6)34(40)44-22(4)5)45-29-18-12-14-24-13-8-9-15-25(24)29/h8-18,21-23,28H,7,19-20H2,1-6H3,(H2,35,36)(H,38,41)/t23-,28+,46?/m0/s1. The van der Waals surface area contributed by atoms with Crippen molar-refractivity contribution in [2.45, 2.75) is 66.3 Å². The van der Waals surface area contributed by atoms with Gasteiger partial charge in [-0.3, -0.25) is 9.32 Å². The van der Waals surface area contributed by atoms with Crippen molar-refractivity contribution in [3.05, 3.63) is 72.6 Å². The minimum atomic E-state index is -4.20. The van der Waals surface area contributed by atoms with Crippen LogP contribution in [0.1, 0.15) is 53.4 Å². The molecule has 0 saturated carbocycles. The smallest absolute Gasteiger partial charge is 0.459 e. The minimum Gasteiger partial charge on any atom is -0.462 e. The Balaban J connectivity index is 1.57. The van der Waals surface area contributed by atoms with Crippen molar-refractivity contribution in [1.29, 1.82) is 0 Å². The largest absolute Gasteiger partial charge is 0.462 e. The maximum Gasteiger partial charge on any atom is 0.459 e. The predicted molar refractivity (Wildman–Crippen MR) is 181 cm³/mol. The van der Waals surface area contributed by atoms with E-state index in [4.69, 9.17) is 29.2 Å². The molecule has 11 nitrogen and oxygen atoms in total. The summed E-state index contributed by atoms with van der Waals surface area (Å²) in [5.74, 6) is 0.692. The molecule has 3 atom stereocenters. The number of nitrogens with one attached hydrogen (secondary N) is 1. The monoisotopic (exact) mass is 647 g/mol. The third kappa shape index (κ3) is 7.18. The lowest BCUT2D eigenvalue weighted by atomic mass is 10.0. The Morgan fingerprint density at radius 2 is 1.65 bits per heavy atom. The van der Waals surface area contributed by atoms with Gasteiger partial charge in [0, 0.05) is 17.4 Å². The van der Waals surface area contributed by atoms with Crippen LogP contribution in [0.3, 0.4) is 0 Å². The molecule has 5 aromatic rings. The second-order valence-corrected chi connectivity index (χ2v) is 13.5. The average molecular weight is 648 g/mol. The van der Waals surface area contributed by atoms with Gasteiger partial charge in [0.1, 0.15) is 29.7 Å². The van der Waals surface area contributed by atoms with Gasteiger partial charge in [0.25, 0.3) is 0 Å². The highest BCUT2D eigenvalue weighted by Gasteiger charge is 2.35. The Labute approximate surface area is 269 Å². The number of rotatable bonds is 14. The first-order chi connectivity index (χ1) is 22.0. The summed E-state index contributed by atoms with van der Waals surface area (Å²) in [5.41, 5.74) is 8.49. The first kappa shape index (κ1) is 33.3. The van der Waals surface area contributed by atoms with Gasteiger partial charge in [-0.1, -0.05) is 68.4 Å². The van der Waals surface area contributed by atoms with Crippen LogP contribution in [-0.2, 0) is 30.0 Å². The second kappa shape index (κ2) is 14.2. The summed E-state index contributed by atoms with van der Waals surface area (Å²) in [5, 5.41) is 5.36. The van der Waals surface area contributed by atoms with Gasteiger partial charge in [0.05, 0.1) is 29.8 Å². The molecule has 0 fully saturated rings. The average Bonchev–Trinajstić information content (AvgIpc) is 3.39. The number of benzene rings is 3. The molecule has 0 amide bonds. The summed E-state index contributed by atoms with van der Waals surface area (Å²) >= 11 is 0. The summed E-state index contributed by atoms with van der Waals surface area (Å²) in [7, 11) is -4.20. The van der Waals surface area contributed by atoms with Crippen LogP contribution in [-0.4, -0.2) is 45.9 Å². The van der Waals surface area contributed by atoms with E-state index < -0.39 is 25.8 Å². The van der Waals surface area contributed by atoms with Crippen LogP contribution in [0.5, 0.6) is 5.75 Å². The van der Waals surface area contributed by atoms with Gasteiger partial charge in [0.2, 0.25) is 0 Å². The molecular formula is C34H42N5O6P. The van der Waals surface area contributed by atoms with Crippen LogP contribution in [0.25, 0.3) is 32.7 Å². The van der Waals surface area contributed by atoms with Crippen molar-refractivity contribution in [2.24, 2.45) is 5.92 Å². The number of hydrogen-bond acceptors (Lipinski definition) is 9. The van der Waals surface area contributed by atoms with Crippen molar-refractivity contribution in [3.63, 3.8) is 0 Å². The highest BCUT2D eigenvalue weighted by Crippen LogP contribution is 2.48. The van der Waals surface area contributed by atoms with Gasteiger partial charge in [0.15, 0.2) is 5.82 Å². The Morgan fingerprint density at radius 1 is 0.957 bits per heavy atom. The molecular weight excluding hydrogens is 605 g/mol. The van der Waals surface area contributed by atoms with Gasteiger partial charge in [-0.05, 0) is 51.1 Å². The van der Waals surface area contributed by atoms with Crippen molar-refractivity contribution >= 4 is 52.2 Å². The van der Waals surface area contributed by atoms with Crippen LogP contribution < -0.4 is 15.3 Å². The first-order valence-electron chi connectivity index (χ1n) is 15.5. The lowest BCUT2D eigenvalue weighted by Crippen LogP contribution is -2.36. The van der Waals surface area contributed by atoms with E-state index in [1.807, 2.05) is 81.4 Å². The van der Waals surface area contributed by atoms with Crippen molar-refractivity contribution in [1.82, 2.24) is 19.6 Å². The lowest BCUT2D eigenvalue weighted by Gasteiger charge is -2.29. The molecule has 5 rings (SSSR count). The molecule has 1 unspecified atom stereocenters. The van der Waals surface area contributed by atoms with E-state index in [0.29, 0.717) is 29.5 Å². The number of imidazole rings is 1. The highest BCUT2D eigenvalue weighted by molar-refractivity contribution is 7.52. The number of esters is 1. The first-order valence-corrected chi connectivity index (χ1v) is 17.1. The summed E-state index contributed by atoms with van der Waals surface area (Å²) in [6, 6.07) is 19.4. The number of carbonyl (C=O) groups is 1. The number of ether oxygens (including phenoxy) is 2. The molecule has 0 saturated heterocycles. The molecule has 0 spiro atoms. The molecule has 2 aromatic heterocycles. The molecule has 3 aromatic carbocycles. The number of hydrogen-bond donors (Lipinski definition) is 2. The van der Waals surface area contributed by atoms with E-state index >= 15 is 0 Å². The molecule has 0 bridgehead atoms. The van der Waals surface area contributed by atoms with Gasteiger partial charge < -0.3 is 24.3 Å². The zero-order chi connectivity index (χ0) is 33.0. The van der Waals surface area contributed by atoms with Crippen LogP contribution in [0.15, 0.2) is 66.7 Å². The fourth-order valence-corrected chi connectivity index (χ4v) is 6.91. The molecule has 46 heavy (non-hydrogen) atoms. The Hall–Kier alpha value is -4.02. The molecule has 0 aliphatic carbocycles. The topological polar surface area (TPSA) is 140 Å². The van der Waals surface area contributed by atoms with Gasteiger partial charge in [-0.25, -0.2) is 14.5 Å². The molecule has 0 radical (unpaired) electrons. The number of fused-ring (bicyclic) bond motifs is 4. The Morgan fingerprint density at radius 3 is 2.37 bits per heavy atom. The van der Waals surface area contributed by atoms with E-state index in [0.717, 1.165) is 27.2 Å². The second-order valence-electron chi connectivity index (χ2n) is 11.8. The van der Waals surface area contributed by atoms with E-state index in [2.05, 4.69) is 14.6 Å². The number of aromatic nitrogens is 3. The van der Waals surface area contributed by atoms with Crippen LogP contribution in [0, 0.1) is 5.92 Å². The Kier molecular flexibility index (Phi) is 10.3. The number of para-hydroxylation sites is 1. The van der Waals surface area contributed by atoms with Gasteiger partial charge in [-0.15, -0.1) is 0 Å². The quantitative estimate of drug-likeness (QED) is 0.0940. The molecule has 12 heteroatoms. The predicted octanol–water partition coefficient (Wildman–Crippen LogP) is 7.19. The van der Waals surface area contributed by atoms with Crippen molar-refractivity contribution in [2.75, 3.05) is 18.9 Å². The maximum absolute atomic E-state index is 14.7. The normalized spacial score (nSPS) is 14.6. The van der Waals surface area contributed by atoms with Crippen LogP contribution in [0.2, 0.25) is 0 Å². The fraction of sp³-hybridized carbons (Fsp3) is 0.382. The summed E-state index contributed by atoms with van der Waals surface area (Å²) < 4.78 is 40.4. The molecule has 244 valence electrons. The number of carbonyl (C=O) groups excluding carboxylic acids is 1. The van der Waals surface area contributed by atoms with Crippen LogP contribution in [0.4, 0.5) is 5.82 Å². The zero-order valence-corrected chi connectivity index (χ0v) is 28.0. The molecule has 0 aliphatic heterocycles. The van der Waals surface area contributed by atoms with Gasteiger partial charge in [-0.2, -0.15) is 5.09 Å². The van der Waals surface area contributed by atoms with E-state index in [1.54, 1.807) is 26.8 Å². The fourth-order valence-electron chi connectivity index (χ4n) is 5.38. The van der Waals surface area contributed by atoms with Crippen LogP contribution >= 0.6 is 7.75 Å². The third-order valence-corrected chi connectivity index (χ3v) is 9.23. The summed E-state index contributed by atoms with van der Waals surface area (Å²) in [6.07, 6.45) is -0.351. The van der Waals surface area contributed by atoms with Crippen molar-refractivity contribution in [3.8, 4) is 5.75 Å². The third-order valence-electron chi connectivity index (χ3n) is 7.60. The number of nitrogens with two attached hydrogens (primary N) is 1.